The van der Waals surface area contributed by atoms with Gasteiger partial charge in [0.2, 0.25) is 0 Å². The van der Waals surface area contributed by atoms with Crippen molar-refractivity contribution in [2.24, 2.45) is 17.3 Å². The molecule has 1 saturated heterocycles. The molecule has 3 fully saturated rings. The van der Waals surface area contributed by atoms with Gasteiger partial charge in [-0.25, -0.2) is 9.59 Å². The van der Waals surface area contributed by atoms with Crippen molar-refractivity contribution in [1.82, 2.24) is 4.98 Å². The van der Waals surface area contributed by atoms with Gasteiger partial charge in [-0.15, -0.1) is 0 Å². The molecular formula is C41H47NO19. The van der Waals surface area contributed by atoms with Gasteiger partial charge in [0.05, 0.1) is 34.9 Å². The number of aryl methyl sites for hydroxylation is 1. The van der Waals surface area contributed by atoms with Gasteiger partial charge in [0.1, 0.15) is 48.3 Å². The molecule has 2 saturated carbocycles. The lowest BCUT2D eigenvalue weighted by Crippen LogP contribution is -2.89. The van der Waals surface area contributed by atoms with Crippen LogP contribution in [-0.4, -0.2) is 124 Å². The standard InChI is InChI=1S/C41H47NO19/c1-19-11-12-27-26(10-9-14-42-27)37(50)54-17-38(7)28-29(55-21(3)44)33(57-23(5)46)40(18-53-20(2)43)34(58-24(6)47)30(59-36(49)25-13-15-52-16-25)32(60-35(19)48)39(8,51)41(40,61-38)31(28)56-22(4)45/h9-10,13-16,19,28-34,51H,11-12,17-18H2,1-8H3/t19?,28-,29-,30+,31-,32+,33-,34+,38+,39+,40-,41+/m0/s1. The maximum Gasteiger partial charge on any atom is 0.341 e. The second-order valence-corrected chi connectivity index (χ2v) is 16.1. The first-order valence-corrected chi connectivity index (χ1v) is 19.4. The fourth-order valence-electron chi connectivity index (χ4n) is 9.54. The maximum absolute atomic E-state index is 14.3. The minimum absolute atomic E-state index is 0.0163. The first-order chi connectivity index (χ1) is 28.6. The normalized spacial score (nSPS) is 35.4. The molecule has 2 aliphatic heterocycles. The molecule has 1 spiro atoms. The summed E-state index contributed by atoms with van der Waals surface area (Å²) >= 11 is 0. The second kappa shape index (κ2) is 16.5. The molecule has 330 valence electrons. The van der Waals surface area contributed by atoms with Crippen molar-refractivity contribution < 1.29 is 90.5 Å². The summed E-state index contributed by atoms with van der Waals surface area (Å²) in [5.74, 6) is -10.8. The Morgan fingerprint density at radius 1 is 0.836 bits per heavy atom. The number of nitrogens with zero attached hydrogens (tertiary/aromatic N) is 1. The Kier molecular flexibility index (Phi) is 12.1. The summed E-state index contributed by atoms with van der Waals surface area (Å²) in [6.07, 6.45) is -8.59. The third-order valence-corrected chi connectivity index (χ3v) is 11.8. The Hall–Kier alpha value is -5.89. The van der Waals surface area contributed by atoms with E-state index in [1.54, 1.807) is 0 Å². The topological polar surface area (TPSA) is 266 Å². The monoisotopic (exact) mass is 857 g/mol. The van der Waals surface area contributed by atoms with Gasteiger partial charge in [-0.05, 0) is 44.9 Å². The summed E-state index contributed by atoms with van der Waals surface area (Å²) in [6.45, 7) is 7.05. The number of pyridine rings is 1. The van der Waals surface area contributed by atoms with E-state index in [0.717, 1.165) is 54.1 Å². The molecular weight excluding hydrogens is 810 g/mol. The van der Waals surface area contributed by atoms with Crippen molar-refractivity contribution in [2.45, 2.75) is 122 Å². The van der Waals surface area contributed by atoms with Crippen LogP contribution in [0.4, 0.5) is 0 Å². The number of ether oxygens (including phenoxy) is 9. The maximum atomic E-state index is 14.3. The van der Waals surface area contributed by atoms with E-state index >= 15 is 0 Å². The number of hydrogen-bond donors (Lipinski definition) is 1. The SMILES string of the molecule is CC(=O)OC[C@]12[C@H](OC(C)=O)[C@H](OC(=O)c3ccoc3)[C@H]3OC(=O)C(C)CCc4ncccc4C(=O)OC[C@@]4(C)O[C@]1([C@@H](OC(C)=O)[C@@H]4[C@H](OC(C)=O)[C@@H]2OC(C)=O)[C@]3(C)O. The second-order valence-electron chi connectivity index (χ2n) is 16.1. The van der Waals surface area contributed by atoms with Crippen LogP contribution in [0.1, 0.15) is 88.2 Å². The summed E-state index contributed by atoms with van der Waals surface area (Å²) < 4.78 is 60.1. The largest absolute Gasteiger partial charge is 0.472 e. The van der Waals surface area contributed by atoms with Gasteiger partial charge < -0.3 is 52.2 Å². The van der Waals surface area contributed by atoms with E-state index in [4.69, 9.17) is 47.0 Å². The van der Waals surface area contributed by atoms with Gasteiger partial charge in [0.25, 0.3) is 0 Å². The number of carbonyl (C=O) groups is 8. The Bertz CT molecular complexity index is 2100. The van der Waals surface area contributed by atoms with Crippen molar-refractivity contribution in [2.75, 3.05) is 13.2 Å². The van der Waals surface area contributed by atoms with E-state index in [1.807, 2.05) is 0 Å². The predicted molar refractivity (Wildman–Crippen MR) is 197 cm³/mol. The van der Waals surface area contributed by atoms with Gasteiger partial charge in [0, 0.05) is 40.8 Å². The van der Waals surface area contributed by atoms with Crippen LogP contribution in [0.2, 0.25) is 0 Å². The van der Waals surface area contributed by atoms with Crippen LogP contribution in [0.15, 0.2) is 41.3 Å². The summed E-state index contributed by atoms with van der Waals surface area (Å²) in [5.41, 5.74) is -10.3. The third kappa shape index (κ3) is 7.59. The molecule has 4 bridgehead atoms. The third-order valence-electron chi connectivity index (χ3n) is 11.8. The molecule has 1 unspecified atom stereocenters. The number of hydrogen-bond acceptors (Lipinski definition) is 20. The molecule has 1 N–H and O–H groups in total. The molecule has 2 aromatic rings. The lowest BCUT2D eigenvalue weighted by atomic mass is 9.45. The number of fused-ring (bicyclic) bond motifs is 5. The highest BCUT2D eigenvalue weighted by atomic mass is 16.7. The zero-order chi connectivity index (χ0) is 44.8. The number of esters is 8. The highest BCUT2D eigenvalue weighted by molar-refractivity contribution is 5.91. The average molecular weight is 858 g/mol. The molecule has 20 heteroatoms. The molecule has 0 radical (unpaired) electrons. The van der Waals surface area contributed by atoms with Crippen LogP contribution in [0.5, 0.6) is 0 Å². The molecule has 6 rings (SSSR count). The first kappa shape index (κ1) is 44.7. The number of cyclic esters (lactones) is 1. The number of furan rings is 1. The zero-order valence-corrected chi connectivity index (χ0v) is 34.7. The molecule has 0 amide bonds. The van der Waals surface area contributed by atoms with Crippen molar-refractivity contribution in [3.8, 4) is 0 Å². The van der Waals surface area contributed by atoms with E-state index in [9.17, 15) is 43.5 Å². The lowest BCUT2D eigenvalue weighted by molar-refractivity contribution is -0.386. The van der Waals surface area contributed by atoms with E-state index in [2.05, 4.69) is 4.98 Å². The molecule has 61 heavy (non-hydrogen) atoms. The van der Waals surface area contributed by atoms with Crippen LogP contribution < -0.4 is 0 Å². The van der Waals surface area contributed by atoms with E-state index in [1.165, 1.54) is 38.2 Å². The van der Waals surface area contributed by atoms with Crippen LogP contribution in [0.25, 0.3) is 0 Å². The molecule has 2 aromatic heterocycles. The number of rotatable bonds is 8. The summed E-state index contributed by atoms with van der Waals surface area (Å²) in [6, 6.07) is 4.17. The Morgan fingerprint density at radius 2 is 1.46 bits per heavy atom. The fraction of sp³-hybridized carbons (Fsp3) is 0.585. The molecule has 12 atom stereocenters. The van der Waals surface area contributed by atoms with E-state index in [0.29, 0.717) is 0 Å². The van der Waals surface area contributed by atoms with Crippen molar-refractivity contribution in [3.63, 3.8) is 0 Å². The van der Waals surface area contributed by atoms with Gasteiger partial charge >= 0.3 is 47.8 Å². The van der Waals surface area contributed by atoms with Crippen LogP contribution in [0.3, 0.4) is 0 Å². The first-order valence-electron chi connectivity index (χ1n) is 19.4. The average Bonchev–Trinajstić information content (AvgIpc) is 3.79. The van der Waals surface area contributed by atoms with E-state index in [-0.39, 0.29) is 29.7 Å². The molecule has 2 aliphatic carbocycles. The van der Waals surface area contributed by atoms with Crippen molar-refractivity contribution >= 4 is 47.8 Å². The summed E-state index contributed by atoms with van der Waals surface area (Å²) in [5, 5.41) is 13.6. The quantitative estimate of drug-likeness (QED) is 0.293. The minimum Gasteiger partial charge on any atom is -0.472 e. The highest BCUT2D eigenvalue weighted by Crippen LogP contribution is 2.70. The number of carbonyl (C=O) groups excluding carboxylic acids is 8. The Labute approximate surface area is 348 Å². The summed E-state index contributed by atoms with van der Waals surface area (Å²) in [7, 11) is 0. The van der Waals surface area contributed by atoms with Crippen LogP contribution in [0, 0.1) is 17.3 Å². The molecule has 0 aromatic carbocycles. The summed E-state index contributed by atoms with van der Waals surface area (Å²) in [4.78, 5) is 113. The number of aromatic nitrogens is 1. The molecule has 4 heterocycles. The van der Waals surface area contributed by atoms with Crippen LogP contribution >= 0.6 is 0 Å². The van der Waals surface area contributed by atoms with Gasteiger partial charge in [-0.2, -0.15) is 0 Å². The zero-order valence-electron chi connectivity index (χ0n) is 34.7. The van der Waals surface area contributed by atoms with Gasteiger partial charge in [-0.1, -0.05) is 6.92 Å². The highest BCUT2D eigenvalue weighted by Gasteiger charge is 2.92. The van der Waals surface area contributed by atoms with E-state index < -0.39 is 132 Å². The smallest absolute Gasteiger partial charge is 0.341 e. The number of aliphatic hydroxyl groups is 1. The van der Waals surface area contributed by atoms with Gasteiger partial charge in [0.15, 0.2) is 30.0 Å². The molecule has 4 aliphatic rings. The fourth-order valence-corrected chi connectivity index (χ4v) is 9.54. The van der Waals surface area contributed by atoms with Crippen molar-refractivity contribution in [1.29, 1.82) is 0 Å². The molecule has 20 nitrogen and oxygen atoms in total. The van der Waals surface area contributed by atoms with Crippen LogP contribution in [-0.2, 0) is 77.8 Å². The van der Waals surface area contributed by atoms with Crippen molar-refractivity contribution in [3.05, 3.63) is 53.7 Å². The Morgan fingerprint density at radius 3 is 2.05 bits per heavy atom. The van der Waals surface area contributed by atoms with Gasteiger partial charge in [-0.3, -0.25) is 33.8 Å². The predicted octanol–water partition coefficient (Wildman–Crippen LogP) is 1.75. The minimum atomic E-state index is -2.87. The lowest BCUT2D eigenvalue weighted by Gasteiger charge is -2.67. The Balaban J connectivity index is 1.77.